The van der Waals surface area contributed by atoms with Gasteiger partial charge in [0.05, 0.1) is 26.4 Å². The molecule has 0 aromatic rings. The molecular formula is C66H128O17P2. The topological polar surface area (TPSA) is 237 Å². The molecule has 19 heteroatoms. The molecule has 3 N–H and O–H groups in total. The number of hydrogen-bond acceptors (Lipinski definition) is 15. The third-order valence-corrected chi connectivity index (χ3v) is 17.8. The molecule has 0 aliphatic rings. The normalized spacial score (nSPS) is 14.9. The van der Waals surface area contributed by atoms with Gasteiger partial charge in [-0.1, -0.05) is 279 Å². The first-order chi connectivity index (χ1) is 40.9. The Labute approximate surface area is 517 Å². The van der Waals surface area contributed by atoms with E-state index in [0.29, 0.717) is 25.7 Å². The van der Waals surface area contributed by atoms with Crippen molar-refractivity contribution in [3.63, 3.8) is 0 Å². The summed E-state index contributed by atoms with van der Waals surface area (Å²) in [6, 6.07) is 0. The number of carbonyl (C=O) groups is 4. The lowest BCUT2D eigenvalue weighted by Gasteiger charge is -2.21. The maximum Gasteiger partial charge on any atom is 0.472 e. The fourth-order valence-corrected chi connectivity index (χ4v) is 11.4. The van der Waals surface area contributed by atoms with E-state index in [-0.39, 0.29) is 25.7 Å². The van der Waals surface area contributed by atoms with E-state index in [2.05, 4.69) is 41.5 Å². The van der Waals surface area contributed by atoms with Crippen LogP contribution in [0.4, 0.5) is 0 Å². The van der Waals surface area contributed by atoms with E-state index in [9.17, 15) is 43.2 Å². The van der Waals surface area contributed by atoms with Crippen molar-refractivity contribution < 1.29 is 80.2 Å². The number of rotatable bonds is 65. The van der Waals surface area contributed by atoms with Crippen LogP contribution >= 0.6 is 15.6 Å². The molecule has 17 nitrogen and oxygen atoms in total. The van der Waals surface area contributed by atoms with Gasteiger partial charge in [-0.2, -0.15) is 0 Å². The summed E-state index contributed by atoms with van der Waals surface area (Å²) < 4.78 is 67.8. The van der Waals surface area contributed by atoms with Gasteiger partial charge in [-0.3, -0.25) is 37.3 Å². The molecule has 0 amide bonds. The van der Waals surface area contributed by atoms with E-state index in [1.165, 1.54) is 135 Å². The van der Waals surface area contributed by atoms with Gasteiger partial charge < -0.3 is 33.8 Å². The second-order valence-electron chi connectivity index (χ2n) is 24.3. The number of aliphatic hydroxyl groups excluding tert-OH is 1. The summed E-state index contributed by atoms with van der Waals surface area (Å²) in [6.45, 7) is 9.48. The van der Waals surface area contributed by atoms with Crippen LogP contribution in [0.5, 0.6) is 0 Å². The zero-order valence-electron chi connectivity index (χ0n) is 54.9. The quantitative estimate of drug-likeness (QED) is 0.0222. The molecule has 0 bridgehead atoms. The molecule has 0 fully saturated rings. The van der Waals surface area contributed by atoms with Crippen LogP contribution in [0.25, 0.3) is 0 Å². The van der Waals surface area contributed by atoms with Crippen LogP contribution in [-0.2, 0) is 65.4 Å². The molecule has 0 rings (SSSR count). The summed E-state index contributed by atoms with van der Waals surface area (Å²) in [6.07, 6.45) is 42.0. The maximum absolute atomic E-state index is 13.0. The Morgan fingerprint density at radius 1 is 0.329 bits per heavy atom. The Bertz CT molecular complexity index is 1670. The Morgan fingerprint density at radius 3 is 0.835 bits per heavy atom. The summed E-state index contributed by atoms with van der Waals surface area (Å²) in [7, 11) is -9.88. The summed E-state index contributed by atoms with van der Waals surface area (Å²) >= 11 is 0. The summed E-state index contributed by atoms with van der Waals surface area (Å²) in [5.74, 6) is -0.488. The van der Waals surface area contributed by atoms with Crippen molar-refractivity contribution >= 4 is 39.5 Å². The van der Waals surface area contributed by atoms with Gasteiger partial charge in [-0.25, -0.2) is 9.13 Å². The highest BCUT2D eigenvalue weighted by Gasteiger charge is 2.30. The van der Waals surface area contributed by atoms with Crippen LogP contribution in [0, 0.1) is 11.8 Å². The Morgan fingerprint density at radius 2 is 0.565 bits per heavy atom. The van der Waals surface area contributed by atoms with Gasteiger partial charge in [0.2, 0.25) is 0 Å². The third-order valence-electron chi connectivity index (χ3n) is 15.9. The van der Waals surface area contributed by atoms with Crippen molar-refractivity contribution in [2.45, 2.75) is 349 Å². The lowest BCUT2D eigenvalue weighted by Crippen LogP contribution is -2.30. The van der Waals surface area contributed by atoms with E-state index in [1.807, 2.05) is 0 Å². The van der Waals surface area contributed by atoms with Gasteiger partial charge in [0.25, 0.3) is 0 Å². The van der Waals surface area contributed by atoms with Crippen LogP contribution in [0.2, 0.25) is 0 Å². The summed E-state index contributed by atoms with van der Waals surface area (Å²) in [5.41, 5.74) is 0. The molecule has 504 valence electrons. The lowest BCUT2D eigenvalue weighted by molar-refractivity contribution is -0.161. The van der Waals surface area contributed by atoms with Gasteiger partial charge in [0, 0.05) is 25.7 Å². The van der Waals surface area contributed by atoms with Crippen molar-refractivity contribution in [2.24, 2.45) is 11.8 Å². The molecule has 0 heterocycles. The van der Waals surface area contributed by atoms with E-state index < -0.39 is 97.5 Å². The number of ether oxygens (including phenoxy) is 4. The highest BCUT2D eigenvalue weighted by Crippen LogP contribution is 2.45. The molecule has 0 spiro atoms. The third kappa shape index (κ3) is 58.2. The van der Waals surface area contributed by atoms with E-state index in [1.54, 1.807) is 0 Å². The average Bonchev–Trinajstić information content (AvgIpc) is 3.48. The molecule has 7 atom stereocenters. The van der Waals surface area contributed by atoms with Crippen LogP contribution in [0.3, 0.4) is 0 Å². The molecule has 4 unspecified atom stereocenters. The van der Waals surface area contributed by atoms with Crippen molar-refractivity contribution in [1.29, 1.82) is 0 Å². The molecule has 85 heavy (non-hydrogen) atoms. The Balaban J connectivity index is 5.15. The van der Waals surface area contributed by atoms with Gasteiger partial charge >= 0.3 is 39.5 Å². The van der Waals surface area contributed by atoms with Crippen molar-refractivity contribution in [3.8, 4) is 0 Å². The minimum Gasteiger partial charge on any atom is -0.462 e. The zero-order valence-corrected chi connectivity index (χ0v) is 56.7. The Kier molecular flexibility index (Phi) is 57.1. The van der Waals surface area contributed by atoms with E-state index >= 15 is 0 Å². The highest BCUT2D eigenvalue weighted by atomic mass is 31.2. The highest BCUT2D eigenvalue weighted by molar-refractivity contribution is 7.47. The molecule has 0 radical (unpaired) electrons. The molecule has 0 saturated carbocycles. The van der Waals surface area contributed by atoms with Crippen molar-refractivity contribution in [2.75, 3.05) is 39.6 Å². The maximum atomic E-state index is 13.0. The van der Waals surface area contributed by atoms with Crippen LogP contribution < -0.4 is 0 Å². The molecule has 0 saturated heterocycles. The fraction of sp³-hybridized carbons (Fsp3) is 0.939. The standard InChI is InChI=1S/C66H128O17P2/c1-7-11-13-15-16-31-38-44-50-65(70)82-61(54-76-63(68)48-42-34-14-12-8-2)56-80-84(72,73)78-52-60(67)53-79-85(74,75)81-57-62(55-77-64(69)49-43-37-32-27-24-23-26-30-36-41-47-59(6)10-4)83-66(71)51-45-39-33-28-22-20-18-17-19-21-25-29-35-40-46-58(5)9-3/h58-62,67H,7-57H2,1-6H3,(H,72,73)(H,74,75)/t58?,59?,60-,61+,62+/m0/s1. The monoisotopic (exact) mass is 1250 g/mol. The number of phosphoric acid groups is 2. The number of hydrogen-bond donors (Lipinski definition) is 3. The van der Waals surface area contributed by atoms with Gasteiger partial charge in [0.1, 0.15) is 19.3 Å². The second kappa shape index (κ2) is 58.4. The number of phosphoric ester groups is 2. The molecule has 0 aliphatic heterocycles. The predicted molar refractivity (Wildman–Crippen MR) is 340 cm³/mol. The molecule has 0 aromatic carbocycles. The lowest BCUT2D eigenvalue weighted by atomic mass is 9.99. The SMILES string of the molecule is CCCCCCCCCCC(=O)O[C@H](COC(=O)CCCCCCC)COP(=O)(O)OC[C@H](O)COP(=O)(O)OC[C@@H](COC(=O)CCCCCCCCCCCCC(C)CC)OC(=O)CCCCCCCCCCCCCCCCC(C)CC. The first-order valence-corrected chi connectivity index (χ1v) is 37.6. The summed E-state index contributed by atoms with van der Waals surface area (Å²) in [5, 5.41) is 10.5. The second-order valence-corrected chi connectivity index (χ2v) is 27.2. The molecular weight excluding hydrogens is 1130 g/mol. The first kappa shape index (κ1) is 83.1. The first-order valence-electron chi connectivity index (χ1n) is 34.6. The largest absolute Gasteiger partial charge is 0.472 e. The minimum absolute atomic E-state index is 0.104. The number of unbranched alkanes of at least 4 members (excludes halogenated alkanes) is 33. The van der Waals surface area contributed by atoms with Gasteiger partial charge in [-0.15, -0.1) is 0 Å². The van der Waals surface area contributed by atoms with E-state index in [4.69, 9.17) is 37.0 Å². The molecule has 0 aliphatic carbocycles. The summed E-state index contributed by atoms with van der Waals surface area (Å²) in [4.78, 5) is 72.0. The minimum atomic E-state index is -4.95. The smallest absolute Gasteiger partial charge is 0.462 e. The van der Waals surface area contributed by atoms with E-state index in [0.717, 1.165) is 115 Å². The van der Waals surface area contributed by atoms with Crippen molar-refractivity contribution in [3.05, 3.63) is 0 Å². The van der Waals surface area contributed by atoms with Crippen molar-refractivity contribution in [1.82, 2.24) is 0 Å². The van der Waals surface area contributed by atoms with Crippen LogP contribution in [0.15, 0.2) is 0 Å². The Hall–Kier alpha value is -1.94. The number of carbonyl (C=O) groups excluding carboxylic acids is 4. The van der Waals surface area contributed by atoms with Crippen LogP contribution in [-0.4, -0.2) is 96.7 Å². The van der Waals surface area contributed by atoms with Gasteiger partial charge in [-0.05, 0) is 37.5 Å². The van der Waals surface area contributed by atoms with Crippen LogP contribution in [0.1, 0.15) is 330 Å². The molecule has 0 aromatic heterocycles. The van der Waals surface area contributed by atoms with Gasteiger partial charge in [0.15, 0.2) is 12.2 Å². The number of aliphatic hydroxyl groups is 1. The predicted octanol–water partition coefficient (Wildman–Crippen LogP) is 18.4. The fourth-order valence-electron chi connectivity index (χ4n) is 9.82. The number of esters is 4. The average molecular weight is 1260 g/mol. The zero-order chi connectivity index (χ0) is 62.9.